The van der Waals surface area contributed by atoms with Gasteiger partial charge in [0.2, 0.25) is 5.13 Å². The number of hydrogen-bond donors (Lipinski definition) is 2. The number of rotatable bonds is 5. The molecule has 0 unspecified atom stereocenters. The molecule has 1 aromatic carbocycles. The fraction of sp³-hybridized carbons (Fsp3) is 0.0667. The molecule has 2 aromatic heterocycles. The zero-order valence-corrected chi connectivity index (χ0v) is 14.3. The zero-order chi connectivity index (χ0) is 16.1. The molecule has 0 saturated carbocycles. The van der Waals surface area contributed by atoms with Crippen LogP contribution >= 0.6 is 27.3 Å². The van der Waals surface area contributed by atoms with Gasteiger partial charge in [-0.05, 0) is 29.8 Å². The Morgan fingerprint density at radius 1 is 1.17 bits per heavy atom. The monoisotopic (exact) mass is 389 g/mol. The van der Waals surface area contributed by atoms with E-state index in [4.69, 9.17) is 0 Å². The smallest absolute Gasteiger partial charge is 0.259 e. The van der Waals surface area contributed by atoms with Crippen LogP contribution in [0.4, 0.5) is 10.9 Å². The van der Waals surface area contributed by atoms with Crippen molar-refractivity contribution in [2.24, 2.45) is 0 Å². The highest BCUT2D eigenvalue weighted by Gasteiger charge is 2.08. The van der Waals surface area contributed by atoms with Crippen molar-refractivity contribution < 1.29 is 4.79 Å². The van der Waals surface area contributed by atoms with E-state index in [1.54, 1.807) is 17.6 Å². The topological polar surface area (TPSA) is 79.8 Å². The summed E-state index contributed by atoms with van der Waals surface area (Å²) in [5, 5.41) is 13.8. The first-order valence-corrected chi connectivity index (χ1v) is 8.40. The van der Waals surface area contributed by atoms with Crippen LogP contribution in [0.1, 0.15) is 15.9 Å². The van der Waals surface area contributed by atoms with E-state index < -0.39 is 0 Å². The van der Waals surface area contributed by atoms with Crippen LogP contribution < -0.4 is 10.6 Å². The van der Waals surface area contributed by atoms with Gasteiger partial charge in [0, 0.05) is 17.2 Å². The average molecular weight is 390 g/mol. The molecule has 1 amide bonds. The third-order valence-electron chi connectivity index (χ3n) is 2.99. The molecule has 2 heterocycles. The molecule has 2 N–H and O–H groups in total. The Balaban J connectivity index is 1.58. The fourth-order valence-corrected chi connectivity index (χ4v) is 2.53. The number of anilines is 2. The molecule has 0 atom stereocenters. The van der Waals surface area contributed by atoms with E-state index in [0.717, 1.165) is 10.0 Å². The van der Waals surface area contributed by atoms with Crippen LogP contribution in [0, 0.1) is 0 Å². The molecule has 6 nitrogen and oxygen atoms in total. The van der Waals surface area contributed by atoms with Gasteiger partial charge in [0.1, 0.15) is 11.3 Å². The van der Waals surface area contributed by atoms with Crippen molar-refractivity contribution in [1.29, 1.82) is 0 Å². The van der Waals surface area contributed by atoms with Gasteiger partial charge in [-0.25, -0.2) is 4.98 Å². The second-order valence-electron chi connectivity index (χ2n) is 4.61. The van der Waals surface area contributed by atoms with Gasteiger partial charge >= 0.3 is 0 Å². The maximum absolute atomic E-state index is 12.0. The maximum Gasteiger partial charge on any atom is 0.259 e. The maximum atomic E-state index is 12.0. The van der Waals surface area contributed by atoms with Crippen molar-refractivity contribution in [3.8, 4) is 0 Å². The average Bonchev–Trinajstić information content (AvgIpc) is 3.08. The van der Waals surface area contributed by atoms with Crippen molar-refractivity contribution in [3.63, 3.8) is 0 Å². The molecule has 3 rings (SSSR count). The molecule has 0 aliphatic rings. The molecule has 0 fully saturated rings. The number of aromatic nitrogens is 3. The minimum atomic E-state index is -0.256. The predicted octanol–water partition coefficient (Wildman–Crippen LogP) is 3.56. The number of halogens is 1. The lowest BCUT2D eigenvalue weighted by Crippen LogP contribution is -2.12. The number of nitrogens with one attached hydrogen (secondary N) is 2. The van der Waals surface area contributed by atoms with E-state index >= 15 is 0 Å². The minimum absolute atomic E-state index is 0.256. The van der Waals surface area contributed by atoms with Gasteiger partial charge in [-0.3, -0.25) is 10.1 Å². The first-order valence-electron chi connectivity index (χ1n) is 6.72. The Hall–Kier alpha value is -2.32. The molecule has 116 valence electrons. The molecular formula is C15H12BrN5OS. The molecule has 0 saturated heterocycles. The second-order valence-corrected chi connectivity index (χ2v) is 6.36. The van der Waals surface area contributed by atoms with Gasteiger partial charge in [-0.1, -0.05) is 39.4 Å². The lowest BCUT2D eigenvalue weighted by molar-refractivity contribution is 0.102. The van der Waals surface area contributed by atoms with E-state index in [0.29, 0.717) is 23.1 Å². The number of carbonyl (C=O) groups excluding carboxylic acids is 1. The first kappa shape index (κ1) is 15.6. The molecule has 23 heavy (non-hydrogen) atoms. The summed E-state index contributed by atoms with van der Waals surface area (Å²) in [6, 6.07) is 11.5. The predicted molar refractivity (Wildman–Crippen MR) is 93.6 cm³/mol. The van der Waals surface area contributed by atoms with Gasteiger partial charge in [0.15, 0.2) is 0 Å². The zero-order valence-electron chi connectivity index (χ0n) is 11.9. The van der Waals surface area contributed by atoms with Crippen LogP contribution in [0.3, 0.4) is 0 Å². The third-order valence-corrected chi connectivity index (χ3v) is 4.13. The van der Waals surface area contributed by atoms with Crippen molar-refractivity contribution in [2.75, 3.05) is 10.6 Å². The Kier molecular flexibility index (Phi) is 4.94. The molecule has 0 aliphatic heterocycles. The van der Waals surface area contributed by atoms with Gasteiger partial charge in [0.25, 0.3) is 5.91 Å². The highest BCUT2D eigenvalue weighted by Crippen LogP contribution is 2.13. The Labute approximate surface area is 145 Å². The number of amides is 1. The number of nitrogens with zero attached hydrogens (tertiary/aromatic N) is 3. The van der Waals surface area contributed by atoms with Crippen LogP contribution in [-0.2, 0) is 6.54 Å². The van der Waals surface area contributed by atoms with Crippen molar-refractivity contribution in [2.45, 2.75) is 6.54 Å². The minimum Gasteiger partial charge on any atom is -0.366 e. The van der Waals surface area contributed by atoms with Crippen LogP contribution in [-0.4, -0.2) is 21.1 Å². The lowest BCUT2D eigenvalue weighted by Gasteiger charge is -2.07. The number of benzene rings is 1. The number of pyridine rings is 1. The van der Waals surface area contributed by atoms with E-state index in [1.165, 1.54) is 17.5 Å². The largest absolute Gasteiger partial charge is 0.366 e. The molecule has 0 bridgehead atoms. The Morgan fingerprint density at radius 2 is 2.00 bits per heavy atom. The number of carbonyl (C=O) groups is 1. The van der Waals surface area contributed by atoms with Gasteiger partial charge in [-0.15, -0.1) is 10.2 Å². The summed E-state index contributed by atoms with van der Waals surface area (Å²) in [7, 11) is 0. The highest BCUT2D eigenvalue weighted by atomic mass is 79.9. The summed E-state index contributed by atoms with van der Waals surface area (Å²) < 4.78 is 1.05. The summed E-state index contributed by atoms with van der Waals surface area (Å²) in [5.74, 6) is 0.453. The summed E-state index contributed by atoms with van der Waals surface area (Å²) in [6.07, 6.45) is 1.53. The fourth-order valence-electron chi connectivity index (χ4n) is 1.82. The normalized spacial score (nSPS) is 10.3. The first-order chi connectivity index (χ1) is 11.2. The summed E-state index contributed by atoms with van der Waals surface area (Å²) in [5.41, 5.74) is 3.17. The van der Waals surface area contributed by atoms with Gasteiger partial charge in [-0.2, -0.15) is 0 Å². The molecule has 0 spiro atoms. The molecule has 0 radical (unpaired) electrons. The summed E-state index contributed by atoms with van der Waals surface area (Å²) >= 11 is 4.67. The van der Waals surface area contributed by atoms with Crippen molar-refractivity contribution in [1.82, 2.24) is 15.2 Å². The van der Waals surface area contributed by atoms with Crippen molar-refractivity contribution in [3.05, 3.63) is 63.7 Å². The van der Waals surface area contributed by atoms with E-state index in [2.05, 4.69) is 41.7 Å². The molecule has 3 aromatic rings. The lowest BCUT2D eigenvalue weighted by atomic mass is 10.2. The molecule has 0 aliphatic carbocycles. The molecular weight excluding hydrogens is 378 g/mol. The Bertz CT molecular complexity index is 775. The number of hydrogen-bond acceptors (Lipinski definition) is 6. The van der Waals surface area contributed by atoms with Crippen LogP contribution in [0.25, 0.3) is 0 Å². The van der Waals surface area contributed by atoms with Crippen molar-refractivity contribution >= 4 is 44.1 Å². The van der Waals surface area contributed by atoms with Crippen LogP contribution in [0.15, 0.2) is 52.6 Å². The quantitative estimate of drug-likeness (QED) is 0.697. The Morgan fingerprint density at radius 3 is 2.65 bits per heavy atom. The SMILES string of the molecule is O=C(Nc1nncs1)c1ccc(NCc2ccc(Br)cc2)nc1. The highest BCUT2D eigenvalue weighted by molar-refractivity contribution is 9.10. The summed E-state index contributed by atoms with van der Waals surface area (Å²) in [4.78, 5) is 16.2. The van der Waals surface area contributed by atoms with Gasteiger partial charge < -0.3 is 5.32 Å². The van der Waals surface area contributed by atoms with E-state index in [-0.39, 0.29) is 5.91 Å². The standard InChI is InChI=1S/C15H12BrN5OS/c16-12-4-1-10(2-5-12)7-17-13-6-3-11(8-18-13)14(22)20-15-21-19-9-23-15/h1-6,8-9H,7H2,(H,17,18)(H,20,21,22). The third kappa shape index (κ3) is 4.33. The summed E-state index contributed by atoms with van der Waals surface area (Å²) in [6.45, 7) is 0.663. The van der Waals surface area contributed by atoms with E-state index in [1.807, 2.05) is 24.3 Å². The van der Waals surface area contributed by atoms with E-state index in [9.17, 15) is 4.79 Å². The second kappa shape index (κ2) is 7.30. The molecule has 8 heteroatoms. The van der Waals surface area contributed by atoms with Gasteiger partial charge in [0.05, 0.1) is 5.56 Å². The van der Waals surface area contributed by atoms with Crippen LogP contribution in [0.5, 0.6) is 0 Å². The van der Waals surface area contributed by atoms with Crippen LogP contribution in [0.2, 0.25) is 0 Å².